The van der Waals surface area contributed by atoms with Crippen molar-refractivity contribution in [2.75, 3.05) is 31.1 Å². The molecule has 2 aromatic rings. The fourth-order valence-electron chi connectivity index (χ4n) is 3.45. The van der Waals surface area contributed by atoms with E-state index in [4.69, 9.17) is 10.7 Å². The predicted molar refractivity (Wildman–Crippen MR) is 77.8 cm³/mol. The Balaban J connectivity index is 1.68. The topological polar surface area (TPSA) is 49.8 Å². The molecule has 0 spiro atoms. The van der Waals surface area contributed by atoms with Crippen LogP contribution in [0.5, 0.6) is 0 Å². The number of rotatable bonds is 2. The highest BCUT2D eigenvalue weighted by Gasteiger charge is 2.32. The van der Waals surface area contributed by atoms with Gasteiger partial charge in [-0.2, -0.15) is 0 Å². The summed E-state index contributed by atoms with van der Waals surface area (Å²) in [6.45, 7) is 5.19. The molecule has 0 aliphatic carbocycles. The molecule has 2 fully saturated rings. The summed E-state index contributed by atoms with van der Waals surface area (Å²) in [5, 5.41) is 2.07. The van der Waals surface area contributed by atoms with E-state index in [0.717, 1.165) is 35.6 Å². The summed E-state index contributed by atoms with van der Waals surface area (Å²) in [4.78, 5) is 10.9. The first-order valence-corrected chi connectivity index (χ1v) is 7.88. The predicted octanol–water partition coefficient (Wildman–Crippen LogP) is 1.14. The van der Waals surface area contributed by atoms with Crippen LogP contribution in [0.25, 0.3) is 4.96 Å². The van der Waals surface area contributed by atoms with Crippen LogP contribution >= 0.6 is 11.3 Å². The molecule has 1 atom stereocenters. The van der Waals surface area contributed by atoms with Gasteiger partial charge < -0.3 is 10.6 Å². The van der Waals surface area contributed by atoms with E-state index in [1.807, 2.05) is 0 Å². The van der Waals surface area contributed by atoms with Gasteiger partial charge in [-0.25, -0.2) is 4.98 Å². The summed E-state index contributed by atoms with van der Waals surface area (Å²) in [5.41, 5.74) is 7.10. The Morgan fingerprint density at radius 2 is 2.32 bits per heavy atom. The molecule has 0 amide bonds. The monoisotopic (exact) mass is 277 g/mol. The maximum absolute atomic E-state index is 5.94. The minimum Gasteiger partial charge on any atom is -0.352 e. The number of nitrogens with zero attached hydrogens (tertiary/aromatic N) is 4. The zero-order valence-corrected chi connectivity index (χ0v) is 11.8. The molecule has 0 bridgehead atoms. The third-order valence-electron chi connectivity index (χ3n) is 4.42. The average Bonchev–Trinajstić information content (AvgIpc) is 3.12. The fourth-order valence-corrected chi connectivity index (χ4v) is 4.18. The van der Waals surface area contributed by atoms with Crippen LogP contribution in [0, 0.1) is 0 Å². The van der Waals surface area contributed by atoms with E-state index in [1.165, 1.54) is 25.9 Å². The molecule has 5 nitrogen and oxygen atoms in total. The molecule has 1 unspecified atom stereocenters. The molecule has 102 valence electrons. The number of thiazole rings is 1. The second-order valence-electron chi connectivity index (χ2n) is 5.42. The van der Waals surface area contributed by atoms with E-state index in [9.17, 15) is 0 Å². The van der Waals surface area contributed by atoms with Crippen molar-refractivity contribution in [1.29, 1.82) is 0 Å². The Morgan fingerprint density at radius 3 is 3.21 bits per heavy atom. The van der Waals surface area contributed by atoms with Gasteiger partial charge in [0.15, 0.2) is 10.8 Å². The minimum atomic E-state index is 0.554. The normalized spacial score (nSPS) is 24.3. The number of piperazine rings is 1. The minimum absolute atomic E-state index is 0.554. The number of imidazole rings is 1. The standard InChI is InChI=1S/C13H19N5S/c14-8-11-12(15-13-18(11)6-7-19-13)17-5-4-16-3-1-2-10(16)9-17/h6-7,10H,1-5,8-9,14H2. The first-order chi connectivity index (χ1) is 9.36. The van der Waals surface area contributed by atoms with Crippen molar-refractivity contribution in [2.45, 2.75) is 25.4 Å². The molecule has 0 radical (unpaired) electrons. The molecule has 19 heavy (non-hydrogen) atoms. The number of hydrogen-bond acceptors (Lipinski definition) is 5. The summed E-state index contributed by atoms with van der Waals surface area (Å²) in [5.74, 6) is 1.11. The van der Waals surface area contributed by atoms with Gasteiger partial charge in [-0.1, -0.05) is 0 Å². The fraction of sp³-hybridized carbons (Fsp3) is 0.615. The first-order valence-electron chi connectivity index (χ1n) is 7.00. The Hall–Kier alpha value is -1.11. The van der Waals surface area contributed by atoms with E-state index in [0.29, 0.717) is 6.54 Å². The lowest BCUT2D eigenvalue weighted by atomic mass is 10.1. The largest absolute Gasteiger partial charge is 0.352 e. The number of hydrogen-bond donors (Lipinski definition) is 1. The lowest BCUT2D eigenvalue weighted by Gasteiger charge is -2.38. The number of aromatic nitrogens is 2. The van der Waals surface area contributed by atoms with Gasteiger partial charge in [0.25, 0.3) is 0 Å². The molecule has 2 aromatic heterocycles. The molecule has 0 aromatic carbocycles. The van der Waals surface area contributed by atoms with Gasteiger partial charge in [0, 0.05) is 43.8 Å². The summed E-state index contributed by atoms with van der Waals surface area (Å²) in [6.07, 6.45) is 4.75. The molecule has 6 heteroatoms. The van der Waals surface area contributed by atoms with E-state index in [1.54, 1.807) is 11.3 Å². The van der Waals surface area contributed by atoms with Crippen LogP contribution in [-0.4, -0.2) is 46.5 Å². The molecule has 0 saturated carbocycles. The van der Waals surface area contributed by atoms with E-state index in [-0.39, 0.29) is 0 Å². The van der Waals surface area contributed by atoms with E-state index < -0.39 is 0 Å². The second kappa shape index (κ2) is 4.47. The smallest absolute Gasteiger partial charge is 0.195 e. The van der Waals surface area contributed by atoms with Crippen molar-refractivity contribution in [3.63, 3.8) is 0 Å². The van der Waals surface area contributed by atoms with E-state index >= 15 is 0 Å². The quantitative estimate of drug-likeness (QED) is 0.894. The number of anilines is 1. The zero-order chi connectivity index (χ0) is 12.8. The lowest BCUT2D eigenvalue weighted by molar-refractivity contribution is 0.230. The highest BCUT2D eigenvalue weighted by atomic mass is 32.1. The van der Waals surface area contributed by atoms with Crippen molar-refractivity contribution in [2.24, 2.45) is 5.73 Å². The average molecular weight is 277 g/mol. The van der Waals surface area contributed by atoms with Gasteiger partial charge in [-0.05, 0) is 19.4 Å². The van der Waals surface area contributed by atoms with Crippen molar-refractivity contribution in [3.8, 4) is 0 Å². The molecule has 4 heterocycles. The molecule has 2 aliphatic rings. The zero-order valence-electron chi connectivity index (χ0n) is 11.0. The van der Waals surface area contributed by atoms with Crippen molar-refractivity contribution >= 4 is 22.1 Å². The van der Waals surface area contributed by atoms with Crippen molar-refractivity contribution < 1.29 is 0 Å². The van der Waals surface area contributed by atoms with Gasteiger partial charge in [0.1, 0.15) is 0 Å². The summed E-state index contributed by atoms with van der Waals surface area (Å²) in [7, 11) is 0. The lowest BCUT2D eigenvalue weighted by Crippen LogP contribution is -2.50. The van der Waals surface area contributed by atoms with Gasteiger partial charge in [-0.3, -0.25) is 9.30 Å². The maximum atomic E-state index is 5.94. The Labute approximate surface area is 116 Å². The van der Waals surface area contributed by atoms with Crippen LogP contribution in [0.4, 0.5) is 5.82 Å². The highest BCUT2D eigenvalue weighted by molar-refractivity contribution is 7.15. The van der Waals surface area contributed by atoms with Crippen LogP contribution in [0.3, 0.4) is 0 Å². The Kier molecular flexibility index (Phi) is 2.75. The molecular weight excluding hydrogens is 258 g/mol. The maximum Gasteiger partial charge on any atom is 0.195 e. The van der Waals surface area contributed by atoms with Gasteiger partial charge in [-0.15, -0.1) is 11.3 Å². The number of nitrogens with two attached hydrogens (primary N) is 1. The Morgan fingerprint density at radius 1 is 1.37 bits per heavy atom. The van der Waals surface area contributed by atoms with E-state index in [2.05, 4.69) is 25.8 Å². The van der Waals surface area contributed by atoms with Crippen LogP contribution in [0.1, 0.15) is 18.5 Å². The van der Waals surface area contributed by atoms with Gasteiger partial charge in [0.2, 0.25) is 0 Å². The summed E-state index contributed by atoms with van der Waals surface area (Å²) >= 11 is 1.68. The van der Waals surface area contributed by atoms with Crippen molar-refractivity contribution in [3.05, 3.63) is 17.3 Å². The van der Waals surface area contributed by atoms with Crippen LogP contribution in [-0.2, 0) is 6.54 Å². The van der Waals surface area contributed by atoms with Crippen molar-refractivity contribution in [1.82, 2.24) is 14.3 Å². The van der Waals surface area contributed by atoms with Crippen LogP contribution in [0.2, 0.25) is 0 Å². The SMILES string of the molecule is NCc1c(N2CCN3CCCC3C2)nc2sccn12. The Bertz CT molecular complexity index is 589. The van der Waals surface area contributed by atoms with Gasteiger partial charge >= 0.3 is 0 Å². The second-order valence-corrected chi connectivity index (χ2v) is 6.29. The third-order valence-corrected chi connectivity index (χ3v) is 5.18. The molecule has 2 aliphatic heterocycles. The number of fused-ring (bicyclic) bond motifs is 2. The van der Waals surface area contributed by atoms with Crippen LogP contribution in [0.15, 0.2) is 11.6 Å². The highest BCUT2D eigenvalue weighted by Crippen LogP contribution is 2.29. The molecular formula is C13H19N5S. The molecule has 2 N–H and O–H groups in total. The molecule has 2 saturated heterocycles. The van der Waals surface area contributed by atoms with Crippen LogP contribution < -0.4 is 10.6 Å². The summed E-state index contributed by atoms with van der Waals surface area (Å²) < 4.78 is 2.14. The molecule has 4 rings (SSSR count). The third kappa shape index (κ3) is 1.78. The summed E-state index contributed by atoms with van der Waals surface area (Å²) in [6, 6.07) is 0.721. The first kappa shape index (κ1) is 11.7. The van der Waals surface area contributed by atoms with Gasteiger partial charge in [0.05, 0.1) is 5.69 Å².